The van der Waals surface area contributed by atoms with E-state index in [0.29, 0.717) is 19.0 Å². The minimum atomic E-state index is -3.06. The second-order valence-electron chi connectivity index (χ2n) is 5.62. The monoisotopic (exact) mass is 293 g/mol. The first-order chi connectivity index (χ1) is 9.45. The summed E-state index contributed by atoms with van der Waals surface area (Å²) in [6.45, 7) is 3.29. The first kappa shape index (κ1) is 13.6. The Morgan fingerprint density at radius 1 is 1.30 bits per heavy atom. The van der Waals surface area contributed by atoms with Crippen molar-refractivity contribution in [2.24, 2.45) is 0 Å². The van der Waals surface area contributed by atoms with Crippen molar-refractivity contribution in [3.63, 3.8) is 0 Å². The number of nitrogens with one attached hydrogen (secondary N) is 1. The molecule has 0 aliphatic carbocycles. The molecule has 0 saturated carbocycles. The number of rotatable bonds is 2. The van der Waals surface area contributed by atoms with Crippen molar-refractivity contribution in [3.05, 3.63) is 29.5 Å². The molecule has 0 atom stereocenters. The zero-order chi connectivity index (χ0) is 14.3. The van der Waals surface area contributed by atoms with Gasteiger partial charge in [-0.3, -0.25) is 5.10 Å². The second-order valence-corrected chi connectivity index (χ2v) is 7.60. The number of hydrogen-bond acceptors (Lipinski definition) is 3. The fourth-order valence-corrected chi connectivity index (χ4v) is 3.94. The van der Waals surface area contributed by atoms with E-state index in [-0.39, 0.29) is 0 Å². The number of aromatic nitrogens is 2. The molecule has 1 saturated heterocycles. The summed E-state index contributed by atoms with van der Waals surface area (Å²) in [6, 6.07) is 4.30. The maximum Gasteiger partial charge on any atom is 0.211 e. The van der Waals surface area contributed by atoms with E-state index in [1.807, 2.05) is 6.20 Å². The Morgan fingerprint density at radius 3 is 2.65 bits per heavy atom. The molecular formula is C14H19N3O2S. The third kappa shape index (κ3) is 2.45. The Labute approximate surface area is 119 Å². The zero-order valence-corrected chi connectivity index (χ0v) is 12.6. The third-order valence-electron chi connectivity index (χ3n) is 4.10. The van der Waals surface area contributed by atoms with Crippen LogP contribution in [0.25, 0.3) is 10.9 Å². The summed E-state index contributed by atoms with van der Waals surface area (Å²) in [5.74, 6) is 0.410. The van der Waals surface area contributed by atoms with Crippen molar-refractivity contribution >= 4 is 20.9 Å². The molecular weight excluding hydrogens is 274 g/mol. The van der Waals surface area contributed by atoms with Crippen LogP contribution >= 0.6 is 0 Å². The van der Waals surface area contributed by atoms with Crippen LogP contribution in [0, 0.1) is 6.92 Å². The van der Waals surface area contributed by atoms with Crippen LogP contribution in [0.5, 0.6) is 0 Å². The van der Waals surface area contributed by atoms with Crippen LogP contribution in [-0.2, 0) is 10.0 Å². The maximum absolute atomic E-state index is 11.6. The van der Waals surface area contributed by atoms with Gasteiger partial charge < -0.3 is 0 Å². The van der Waals surface area contributed by atoms with E-state index in [9.17, 15) is 8.42 Å². The summed E-state index contributed by atoms with van der Waals surface area (Å²) in [4.78, 5) is 0. The molecule has 6 heteroatoms. The number of benzene rings is 1. The molecule has 2 heterocycles. The summed E-state index contributed by atoms with van der Waals surface area (Å²) < 4.78 is 24.7. The second kappa shape index (κ2) is 4.86. The molecule has 0 bridgehead atoms. The number of aromatic amines is 1. The summed E-state index contributed by atoms with van der Waals surface area (Å²) in [6.07, 6.45) is 4.90. The van der Waals surface area contributed by atoms with E-state index in [1.54, 1.807) is 4.31 Å². The standard InChI is InChI=1S/C14H19N3O2S/c1-10-7-12(13-9-15-16-14(13)8-10)11-3-5-17(6-4-11)20(2,18)19/h7-9,11H,3-6H2,1-2H3,(H,15,16). The molecule has 5 nitrogen and oxygen atoms in total. The van der Waals surface area contributed by atoms with Gasteiger partial charge in [0.2, 0.25) is 10.0 Å². The lowest BCUT2D eigenvalue weighted by molar-refractivity contribution is 0.322. The summed E-state index contributed by atoms with van der Waals surface area (Å²) >= 11 is 0. The van der Waals surface area contributed by atoms with Crippen molar-refractivity contribution in [2.75, 3.05) is 19.3 Å². The largest absolute Gasteiger partial charge is 0.278 e. The van der Waals surface area contributed by atoms with Gasteiger partial charge in [-0.25, -0.2) is 12.7 Å². The lowest BCUT2D eigenvalue weighted by atomic mass is 9.87. The zero-order valence-electron chi connectivity index (χ0n) is 11.8. The van der Waals surface area contributed by atoms with Crippen LogP contribution in [0.15, 0.2) is 18.3 Å². The molecule has 1 fully saturated rings. The predicted octanol–water partition coefficient (Wildman–Crippen LogP) is 2.01. The quantitative estimate of drug-likeness (QED) is 0.921. The molecule has 1 aliphatic rings. The topological polar surface area (TPSA) is 66.1 Å². The lowest BCUT2D eigenvalue weighted by Gasteiger charge is -2.30. The van der Waals surface area contributed by atoms with E-state index < -0.39 is 10.0 Å². The number of aryl methyl sites for hydroxylation is 1. The Kier molecular flexibility index (Phi) is 3.30. The number of hydrogen-bond donors (Lipinski definition) is 1. The van der Waals surface area contributed by atoms with Gasteiger partial charge in [0.15, 0.2) is 0 Å². The molecule has 1 aromatic heterocycles. The fourth-order valence-electron chi connectivity index (χ4n) is 3.06. The first-order valence-electron chi connectivity index (χ1n) is 6.84. The van der Waals surface area contributed by atoms with Crippen LogP contribution in [0.4, 0.5) is 0 Å². The number of nitrogens with zero attached hydrogens (tertiary/aromatic N) is 2. The molecule has 108 valence electrons. The maximum atomic E-state index is 11.6. The van der Waals surface area contributed by atoms with Crippen molar-refractivity contribution in [1.29, 1.82) is 0 Å². The van der Waals surface area contributed by atoms with Gasteiger partial charge in [0.1, 0.15) is 0 Å². The Morgan fingerprint density at radius 2 is 2.00 bits per heavy atom. The molecule has 1 aliphatic heterocycles. The molecule has 1 N–H and O–H groups in total. The minimum absolute atomic E-state index is 0.410. The number of H-pyrrole nitrogens is 1. The van der Waals surface area contributed by atoms with Gasteiger partial charge in [-0.15, -0.1) is 0 Å². The van der Waals surface area contributed by atoms with E-state index in [0.717, 1.165) is 23.7 Å². The summed E-state index contributed by atoms with van der Waals surface area (Å²) in [5, 5.41) is 8.30. The fraction of sp³-hybridized carbons (Fsp3) is 0.500. The number of sulfonamides is 1. The van der Waals surface area contributed by atoms with Gasteiger partial charge in [-0.05, 0) is 42.9 Å². The highest BCUT2D eigenvalue weighted by Crippen LogP contribution is 2.33. The van der Waals surface area contributed by atoms with Gasteiger partial charge in [-0.2, -0.15) is 5.10 Å². The van der Waals surface area contributed by atoms with Crippen LogP contribution in [0.2, 0.25) is 0 Å². The number of piperidine rings is 1. The third-order valence-corrected chi connectivity index (χ3v) is 5.40. The highest BCUT2D eigenvalue weighted by atomic mass is 32.2. The Hall–Kier alpha value is -1.40. The molecule has 3 rings (SSSR count). The van der Waals surface area contributed by atoms with Crippen LogP contribution < -0.4 is 0 Å². The van der Waals surface area contributed by atoms with Crippen LogP contribution in [0.3, 0.4) is 0 Å². The molecule has 0 radical (unpaired) electrons. The highest BCUT2D eigenvalue weighted by molar-refractivity contribution is 7.88. The molecule has 0 amide bonds. The van der Waals surface area contributed by atoms with E-state index in [2.05, 4.69) is 29.3 Å². The van der Waals surface area contributed by atoms with Gasteiger partial charge >= 0.3 is 0 Å². The van der Waals surface area contributed by atoms with Gasteiger partial charge in [0.25, 0.3) is 0 Å². The Balaban J connectivity index is 1.89. The van der Waals surface area contributed by atoms with Crippen molar-refractivity contribution in [3.8, 4) is 0 Å². The van der Waals surface area contributed by atoms with Gasteiger partial charge in [0, 0.05) is 18.5 Å². The highest BCUT2D eigenvalue weighted by Gasteiger charge is 2.26. The lowest BCUT2D eigenvalue weighted by Crippen LogP contribution is -2.37. The van der Waals surface area contributed by atoms with Gasteiger partial charge in [0.05, 0.1) is 18.0 Å². The molecule has 20 heavy (non-hydrogen) atoms. The van der Waals surface area contributed by atoms with Crippen LogP contribution in [0.1, 0.15) is 29.9 Å². The predicted molar refractivity (Wildman–Crippen MR) is 79.2 cm³/mol. The Bertz CT molecular complexity index is 728. The van der Waals surface area contributed by atoms with Crippen molar-refractivity contribution in [1.82, 2.24) is 14.5 Å². The smallest absolute Gasteiger partial charge is 0.211 e. The van der Waals surface area contributed by atoms with Crippen molar-refractivity contribution in [2.45, 2.75) is 25.7 Å². The van der Waals surface area contributed by atoms with E-state index in [1.165, 1.54) is 17.4 Å². The van der Waals surface area contributed by atoms with E-state index >= 15 is 0 Å². The van der Waals surface area contributed by atoms with Gasteiger partial charge in [-0.1, -0.05) is 6.07 Å². The average molecular weight is 293 g/mol. The van der Waals surface area contributed by atoms with Crippen LogP contribution in [-0.4, -0.2) is 42.3 Å². The number of fused-ring (bicyclic) bond motifs is 1. The molecule has 2 aromatic rings. The summed E-state index contributed by atoms with van der Waals surface area (Å²) in [7, 11) is -3.06. The molecule has 0 spiro atoms. The first-order valence-corrected chi connectivity index (χ1v) is 8.69. The minimum Gasteiger partial charge on any atom is -0.278 e. The average Bonchev–Trinajstić information content (AvgIpc) is 2.85. The van der Waals surface area contributed by atoms with Crippen molar-refractivity contribution < 1.29 is 8.42 Å². The molecule has 0 unspecified atom stereocenters. The molecule has 1 aromatic carbocycles. The normalized spacial score (nSPS) is 18.7. The SMILES string of the molecule is Cc1cc(C2CCN(S(C)(=O)=O)CC2)c2cn[nH]c2c1. The van der Waals surface area contributed by atoms with E-state index in [4.69, 9.17) is 0 Å². The summed E-state index contributed by atoms with van der Waals surface area (Å²) in [5.41, 5.74) is 3.56.